The molecule has 0 amide bonds. The van der Waals surface area contributed by atoms with Crippen LogP contribution in [-0.4, -0.2) is 24.7 Å². The maximum Gasteiger partial charge on any atom is 0.304 e. The van der Waals surface area contributed by atoms with Crippen molar-refractivity contribution in [2.24, 2.45) is 0 Å². The third kappa shape index (κ3) is 3.49. The summed E-state index contributed by atoms with van der Waals surface area (Å²) in [7, 11) is -3.91. The van der Waals surface area contributed by atoms with E-state index in [-0.39, 0.29) is 0 Å². The van der Waals surface area contributed by atoms with Crippen LogP contribution < -0.4 is 0 Å². The molecule has 0 aliphatic rings. The Labute approximate surface area is 103 Å². The Morgan fingerprint density at radius 3 is 2.28 bits per heavy atom. The number of hydrogen-bond acceptors (Lipinski definition) is 3. The third-order valence-electron chi connectivity index (χ3n) is 2.48. The first-order valence-electron chi connectivity index (χ1n) is 5.10. The largest absolute Gasteiger partial charge is 0.481 e. The van der Waals surface area contributed by atoms with Gasteiger partial charge in [-0.05, 0) is 19.1 Å². The second-order valence-electron chi connectivity index (χ2n) is 3.92. The molecule has 1 unspecified atom stereocenters. The minimum Gasteiger partial charge on any atom is -0.481 e. The van der Waals surface area contributed by atoms with Crippen molar-refractivity contribution in [2.75, 3.05) is 0 Å². The number of benzene rings is 1. The highest BCUT2D eigenvalue weighted by Gasteiger charge is 2.26. The van der Waals surface area contributed by atoms with Gasteiger partial charge in [0, 0.05) is 5.56 Å². The van der Waals surface area contributed by atoms with Crippen LogP contribution in [0.25, 0.3) is 0 Å². The second kappa shape index (κ2) is 5.43. The van der Waals surface area contributed by atoms with Gasteiger partial charge in [0.2, 0.25) is 0 Å². The Kier molecular flexibility index (Phi) is 4.39. The number of carbonyl (C=O) groups is 1. The molecule has 7 heteroatoms. The zero-order valence-corrected chi connectivity index (χ0v) is 10.4. The molecule has 1 rings (SSSR count). The van der Waals surface area contributed by atoms with Crippen molar-refractivity contribution >= 4 is 15.8 Å². The molecule has 0 saturated carbocycles. The van der Waals surface area contributed by atoms with Crippen LogP contribution in [0.3, 0.4) is 0 Å². The standard InChI is InChI=1S/C11H12F2O4S/c1-7(5-11(14)15)18(16,17)6-8-9(12)3-2-4-10(8)13/h2-4,7H,5-6H2,1H3,(H,14,15). The number of aliphatic carboxylic acids is 1. The molecule has 0 bridgehead atoms. The maximum absolute atomic E-state index is 13.3. The van der Waals surface area contributed by atoms with Crippen molar-refractivity contribution in [2.45, 2.75) is 24.3 Å². The molecule has 0 radical (unpaired) electrons. The van der Waals surface area contributed by atoms with Crippen LogP contribution in [0.1, 0.15) is 18.9 Å². The van der Waals surface area contributed by atoms with Gasteiger partial charge in [-0.1, -0.05) is 6.07 Å². The zero-order valence-electron chi connectivity index (χ0n) is 9.56. The lowest BCUT2D eigenvalue weighted by Crippen LogP contribution is -2.23. The number of sulfone groups is 1. The van der Waals surface area contributed by atoms with Gasteiger partial charge in [-0.2, -0.15) is 0 Å². The number of carboxylic acid groups (broad SMARTS) is 1. The normalized spacial score (nSPS) is 13.3. The second-order valence-corrected chi connectivity index (χ2v) is 6.34. The van der Waals surface area contributed by atoms with Crippen LogP contribution in [0.15, 0.2) is 18.2 Å². The maximum atomic E-state index is 13.3. The smallest absolute Gasteiger partial charge is 0.304 e. The van der Waals surface area contributed by atoms with Gasteiger partial charge in [0.05, 0.1) is 17.4 Å². The zero-order chi connectivity index (χ0) is 13.9. The van der Waals surface area contributed by atoms with Crippen molar-refractivity contribution < 1.29 is 27.1 Å². The fraction of sp³-hybridized carbons (Fsp3) is 0.364. The minimum absolute atomic E-state index is 0.560. The first-order valence-corrected chi connectivity index (χ1v) is 6.82. The summed E-state index contributed by atoms with van der Waals surface area (Å²) in [6.45, 7) is 1.20. The highest BCUT2D eigenvalue weighted by Crippen LogP contribution is 2.19. The summed E-state index contributed by atoms with van der Waals surface area (Å²) in [5.41, 5.74) is -0.560. The molecule has 1 aromatic rings. The summed E-state index contributed by atoms with van der Waals surface area (Å²) in [4.78, 5) is 10.4. The third-order valence-corrected chi connectivity index (χ3v) is 4.57. The first-order chi connectivity index (χ1) is 8.24. The molecule has 4 nitrogen and oxygen atoms in total. The molecule has 0 spiro atoms. The predicted molar refractivity (Wildman–Crippen MR) is 60.7 cm³/mol. The van der Waals surface area contributed by atoms with Crippen LogP contribution in [0.2, 0.25) is 0 Å². The van der Waals surface area contributed by atoms with E-state index in [4.69, 9.17) is 5.11 Å². The Morgan fingerprint density at radius 2 is 1.83 bits per heavy atom. The predicted octanol–water partition coefficient (Wildman–Crippen LogP) is 1.74. The van der Waals surface area contributed by atoms with Gasteiger partial charge in [-0.15, -0.1) is 0 Å². The minimum atomic E-state index is -3.91. The molecule has 100 valence electrons. The Balaban J connectivity index is 2.99. The topological polar surface area (TPSA) is 71.4 Å². The van der Waals surface area contributed by atoms with Crippen molar-refractivity contribution in [3.8, 4) is 0 Å². The lowest BCUT2D eigenvalue weighted by atomic mass is 10.2. The highest BCUT2D eigenvalue weighted by molar-refractivity contribution is 7.91. The number of carboxylic acids is 1. The molecule has 0 aliphatic carbocycles. The molecule has 0 fully saturated rings. The van der Waals surface area contributed by atoms with Crippen LogP contribution in [-0.2, 0) is 20.4 Å². The van der Waals surface area contributed by atoms with E-state index in [0.717, 1.165) is 18.2 Å². The molecule has 0 aromatic heterocycles. The van der Waals surface area contributed by atoms with E-state index in [2.05, 4.69) is 0 Å². The van der Waals surface area contributed by atoms with Crippen molar-refractivity contribution in [1.82, 2.24) is 0 Å². The average Bonchev–Trinajstić information content (AvgIpc) is 2.22. The monoisotopic (exact) mass is 278 g/mol. The van der Waals surface area contributed by atoms with Gasteiger partial charge in [-0.3, -0.25) is 4.79 Å². The number of halogens is 2. The summed E-state index contributed by atoms with van der Waals surface area (Å²) in [5, 5.41) is 7.31. The van der Waals surface area contributed by atoms with Crippen LogP contribution >= 0.6 is 0 Å². The fourth-order valence-electron chi connectivity index (χ4n) is 1.39. The fourth-order valence-corrected chi connectivity index (χ4v) is 2.75. The van der Waals surface area contributed by atoms with E-state index in [1.165, 1.54) is 6.92 Å². The van der Waals surface area contributed by atoms with Crippen LogP contribution in [0.4, 0.5) is 8.78 Å². The van der Waals surface area contributed by atoms with Crippen molar-refractivity contribution in [3.05, 3.63) is 35.4 Å². The quantitative estimate of drug-likeness (QED) is 0.890. The molecular weight excluding hydrogens is 266 g/mol. The van der Waals surface area contributed by atoms with Crippen molar-refractivity contribution in [3.63, 3.8) is 0 Å². The van der Waals surface area contributed by atoms with Gasteiger partial charge in [0.1, 0.15) is 11.6 Å². The van der Waals surface area contributed by atoms with Gasteiger partial charge >= 0.3 is 5.97 Å². The SMILES string of the molecule is CC(CC(=O)O)S(=O)(=O)Cc1c(F)cccc1F. The van der Waals surface area contributed by atoms with Gasteiger partial charge < -0.3 is 5.11 Å². The summed E-state index contributed by atoms with van der Waals surface area (Å²) in [6.07, 6.45) is -0.599. The molecule has 18 heavy (non-hydrogen) atoms. The summed E-state index contributed by atoms with van der Waals surface area (Å²) in [6, 6.07) is 3.03. The van der Waals surface area contributed by atoms with Gasteiger partial charge in [-0.25, -0.2) is 17.2 Å². The van der Waals surface area contributed by atoms with E-state index in [9.17, 15) is 22.0 Å². The molecule has 0 saturated heterocycles. The molecule has 1 N–H and O–H groups in total. The highest BCUT2D eigenvalue weighted by atomic mass is 32.2. The molecular formula is C11H12F2O4S. The molecule has 0 heterocycles. The van der Waals surface area contributed by atoms with Crippen LogP contribution in [0, 0.1) is 11.6 Å². The lowest BCUT2D eigenvalue weighted by Gasteiger charge is -2.11. The summed E-state index contributed by atoms with van der Waals surface area (Å²) < 4.78 is 50.1. The Hall–Kier alpha value is -1.50. The Bertz CT molecular complexity index is 534. The Morgan fingerprint density at radius 1 is 1.33 bits per heavy atom. The van der Waals surface area contributed by atoms with E-state index in [1.807, 2.05) is 0 Å². The van der Waals surface area contributed by atoms with E-state index < -0.39 is 50.4 Å². The van der Waals surface area contributed by atoms with E-state index in [1.54, 1.807) is 0 Å². The van der Waals surface area contributed by atoms with Crippen LogP contribution in [0.5, 0.6) is 0 Å². The van der Waals surface area contributed by atoms with Gasteiger partial charge in [0.25, 0.3) is 0 Å². The van der Waals surface area contributed by atoms with E-state index >= 15 is 0 Å². The first kappa shape index (κ1) is 14.6. The summed E-state index contributed by atoms with van der Waals surface area (Å²) >= 11 is 0. The molecule has 1 atom stereocenters. The number of hydrogen-bond donors (Lipinski definition) is 1. The molecule has 0 aliphatic heterocycles. The van der Waals surface area contributed by atoms with Crippen molar-refractivity contribution in [1.29, 1.82) is 0 Å². The van der Waals surface area contributed by atoms with E-state index in [0.29, 0.717) is 0 Å². The van der Waals surface area contributed by atoms with Gasteiger partial charge in [0.15, 0.2) is 9.84 Å². The summed E-state index contributed by atoms with van der Waals surface area (Å²) in [5.74, 6) is -4.04. The average molecular weight is 278 g/mol. The lowest BCUT2D eigenvalue weighted by molar-refractivity contribution is -0.136. The molecule has 1 aromatic carbocycles. The number of rotatable bonds is 5.